The van der Waals surface area contributed by atoms with Gasteiger partial charge in [-0.05, 0) is 41.1 Å². The van der Waals surface area contributed by atoms with Crippen molar-refractivity contribution in [2.24, 2.45) is 0 Å². The van der Waals surface area contributed by atoms with Crippen molar-refractivity contribution < 1.29 is 0 Å². The number of nitrogens with zero attached hydrogens (tertiary/aromatic N) is 1. The summed E-state index contributed by atoms with van der Waals surface area (Å²) >= 11 is 0. The number of pyridine rings is 1. The number of rotatable bonds is 4. The van der Waals surface area contributed by atoms with Crippen LogP contribution in [0.25, 0.3) is 10.8 Å². The van der Waals surface area contributed by atoms with Crippen molar-refractivity contribution in [2.45, 2.75) is 19.9 Å². The molecule has 0 saturated carbocycles. The number of hydrogen-bond donors (Lipinski definition) is 1. The van der Waals surface area contributed by atoms with E-state index in [1.165, 1.54) is 27.6 Å². The minimum absolute atomic E-state index is 0.843. The number of fused-ring (bicyclic) bond motifs is 1. The predicted octanol–water partition coefficient (Wildman–Crippen LogP) is 4.41. The summed E-state index contributed by atoms with van der Waals surface area (Å²) < 4.78 is 0. The van der Waals surface area contributed by atoms with E-state index >= 15 is 0 Å². The van der Waals surface area contributed by atoms with Crippen LogP contribution in [0, 0.1) is 0 Å². The van der Waals surface area contributed by atoms with E-state index in [0.717, 1.165) is 13.0 Å². The lowest BCUT2D eigenvalue weighted by Gasteiger charge is -2.11. The summed E-state index contributed by atoms with van der Waals surface area (Å²) in [6.07, 6.45) is 4.79. The molecule has 3 rings (SSSR count). The third-order valence-corrected chi connectivity index (χ3v) is 3.59. The van der Waals surface area contributed by atoms with Gasteiger partial charge in [0.2, 0.25) is 0 Å². The maximum atomic E-state index is 4.14. The molecular weight excluding hydrogens is 244 g/mol. The fraction of sp³-hybridized carbons (Fsp3) is 0.167. The van der Waals surface area contributed by atoms with Crippen molar-refractivity contribution in [3.8, 4) is 0 Å². The summed E-state index contributed by atoms with van der Waals surface area (Å²) in [5.74, 6) is 0. The fourth-order valence-corrected chi connectivity index (χ4v) is 2.44. The molecule has 0 amide bonds. The van der Waals surface area contributed by atoms with E-state index in [4.69, 9.17) is 0 Å². The smallest absolute Gasteiger partial charge is 0.0401 e. The zero-order chi connectivity index (χ0) is 13.8. The summed E-state index contributed by atoms with van der Waals surface area (Å²) in [7, 11) is 0. The number of para-hydroxylation sites is 1. The van der Waals surface area contributed by atoms with Crippen LogP contribution in [-0.2, 0) is 13.0 Å². The van der Waals surface area contributed by atoms with Gasteiger partial charge in [0.25, 0.3) is 0 Å². The first-order chi connectivity index (χ1) is 9.86. The van der Waals surface area contributed by atoms with Crippen molar-refractivity contribution in [1.29, 1.82) is 0 Å². The Kier molecular flexibility index (Phi) is 3.64. The minimum atomic E-state index is 0.843. The Labute approximate surface area is 119 Å². The lowest BCUT2D eigenvalue weighted by atomic mass is 10.1. The van der Waals surface area contributed by atoms with Crippen molar-refractivity contribution in [3.63, 3.8) is 0 Å². The summed E-state index contributed by atoms with van der Waals surface area (Å²) in [4.78, 5) is 4.14. The minimum Gasteiger partial charge on any atom is -0.381 e. The highest BCUT2D eigenvalue weighted by molar-refractivity contribution is 5.82. The Morgan fingerprint density at radius 3 is 2.80 bits per heavy atom. The topological polar surface area (TPSA) is 24.9 Å². The molecule has 0 saturated heterocycles. The fourth-order valence-electron chi connectivity index (χ4n) is 2.44. The second-order valence-electron chi connectivity index (χ2n) is 4.92. The molecule has 1 N–H and O–H groups in total. The van der Waals surface area contributed by atoms with Gasteiger partial charge in [-0.1, -0.05) is 37.3 Å². The quantitative estimate of drug-likeness (QED) is 0.753. The van der Waals surface area contributed by atoms with Crippen molar-refractivity contribution in [1.82, 2.24) is 4.98 Å². The van der Waals surface area contributed by atoms with Gasteiger partial charge in [-0.15, -0.1) is 0 Å². The summed E-state index contributed by atoms with van der Waals surface area (Å²) in [6.45, 7) is 3.03. The number of aryl methyl sites for hydroxylation is 1. The van der Waals surface area contributed by atoms with Crippen LogP contribution in [0.2, 0.25) is 0 Å². The van der Waals surface area contributed by atoms with Crippen LogP contribution in [0.4, 0.5) is 5.69 Å². The first kappa shape index (κ1) is 12.7. The Morgan fingerprint density at radius 2 is 1.90 bits per heavy atom. The van der Waals surface area contributed by atoms with Gasteiger partial charge in [0, 0.05) is 30.0 Å². The molecule has 1 aromatic heterocycles. The molecular formula is C18H18N2. The molecule has 0 radical (unpaired) electrons. The molecule has 20 heavy (non-hydrogen) atoms. The number of hydrogen-bond acceptors (Lipinski definition) is 2. The molecule has 0 aliphatic carbocycles. The standard InChI is InChI=1S/C18H18N2/c1-2-15-5-3-4-6-18(15)20-12-14-7-8-17-13-19-10-9-16(17)11-14/h3-11,13,20H,2,12H2,1H3. The van der Waals surface area contributed by atoms with Crippen LogP contribution in [-0.4, -0.2) is 4.98 Å². The third kappa shape index (κ3) is 2.64. The average molecular weight is 262 g/mol. The summed E-state index contributed by atoms with van der Waals surface area (Å²) in [5, 5.41) is 5.95. The SMILES string of the molecule is CCc1ccccc1NCc1ccc2cnccc2c1. The molecule has 0 aliphatic rings. The molecule has 1 heterocycles. The van der Waals surface area contributed by atoms with E-state index in [9.17, 15) is 0 Å². The maximum absolute atomic E-state index is 4.14. The zero-order valence-corrected chi connectivity index (χ0v) is 11.6. The first-order valence-corrected chi connectivity index (χ1v) is 7.01. The lowest BCUT2D eigenvalue weighted by molar-refractivity contribution is 1.09. The van der Waals surface area contributed by atoms with Gasteiger partial charge in [-0.25, -0.2) is 0 Å². The third-order valence-electron chi connectivity index (χ3n) is 3.59. The van der Waals surface area contributed by atoms with E-state index in [-0.39, 0.29) is 0 Å². The van der Waals surface area contributed by atoms with Crippen LogP contribution in [0.3, 0.4) is 0 Å². The Hall–Kier alpha value is -2.35. The van der Waals surface area contributed by atoms with Gasteiger partial charge in [-0.3, -0.25) is 4.98 Å². The molecule has 2 heteroatoms. The molecule has 0 unspecified atom stereocenters. The van der Waals surface area contributed by atoms with Gasteiger partial charge < -0.3 is 5.32 Å². The Balaban J connectivity index is 1.79. The van der Waals surface area contributed by atoms with Crippen molar-refractivity contribution >= 4 is 16.5 Å². The molecule has 0 fully saturated rings. The van der Waals surface area contributed by atoms with E-state index in [0.29, 0.717) is 0 Å². The van der Waals surface area contributed by atoms with E-state index in [1.807, 2.05) is 12.4 Å². The molecule has 3 aromatic rings. The largest absolute Gasteiger partial charge is 0.381 e. The molecule has 2 aromatic carbocycles. The summed E-state index contributed by atoms with van der Waals surface area (Å²) in [6, 6.07) is 17.0. The van der Waals surface area contributed by atoms with Crippen molar-refractivity contribution in [2.75, 3.05) is 5.32 Å². The van der Waals surface area contributed by atoms with Crippen LogP contribution >= 0.6 is 0 Å². The maximum Gasteiger partial charge on any atom is 0.0401 e. The van der Waals surface area contributed by atoms with Crippen LogP contribution < -0.4 is 5.32 Å². The highest BCUT2D eigenvalue weighted by atomic mass is 14.9. The van der Waals surface area contributed by atoms with E-state index < -0.39 is 0 Å². The lowest BCUT2D eigenvalue weighted by Crippen LogP contribution is -2.01. The molecule has 0 spiro atoms. The van der Waals surface area contributed by atoms with Crippen LogP contribution in [0.5, 0.6) is 0 Å². The predicted molar refractivity (Wildman–Crippen MR) is 84.9 cm³/mol. The van der Waals surface area contributed by atoms with Crippen LogP contribution in [0.15, 0.2) is 60.9 Å². The monoisotopic (exact) mass is 262 g/mol. The molecule has 2 nitrogen and oxygen atoms in total. The average Bonchev–Trinajstić information content (AvgIpc) is 2.53. The molecule has 0 bridgehead atoms. The number of anilines is 1. The zero-order valence-electron chi connectivity index (χ0n) is 11.6. The van der Waals surface area contributed by atoms with E-state index in [2.05, 4.69) is 65.8 Å². The number of aromatic nitrogens is 1. The molecule has 0 aliphatic heterocycles. The normalized spacial score (nSPS) is 10.7. The molecule has 0 atom stereocenters. The van der Waals surface area contributed by atoms with Gasteiger partial charge in [0.05, 0.1) is 0 Å². The Morgan fingerprint density at radius 1 is 1.00 bits per heavy atom. The molecule has 100 valence electrons. The van der Waals surface area contributed by atoms with Crippen molar-refractivity contribution in [3.05, 3.63) is 72.1 Å². The van der Waals surface area contributed by atoms with E-state index in [1.54, 1.807) is 0 Å². The summed E-state index contributed by atoms with van der Waals surface area (Å²) in [5.41, 5.74) is 3.87. The second-order valence-corrected chi connectivity index (χ2v) is 4.92. The Bertz CT molecular complexity index is 719. The highest BCUT2D eigenvalue weighted by Crippen LogP contribution is 2.18. The van der Waals surface area contributed by atoms with Gasteiger partial charge in [0.15, 0.2) is 0 Å². The highest BCUT2D eigenvalue weighted by Gasteiger charge is 2.00. The van der Waals surface area contributed by atoms with Gasteiger partial charge in [0.1, 0.15) is 0 Å². The second kappa shape index (κ2) is 5.74. The van der Waals surface area contributed by atoms with Crippen LogP contribution in [0.1, 0.15) is 18.1 Å². The first-order valence-electron chi connectivity index (χ1n) is 7.01. The number of benzene rings is 2. The van der Waals surface area contributed by atoms with Gasteiger partial charge in [-0.2, -0.15) is 0 Å². The number of nitrogens with one attached hydrogen (secondary N) is 1. The van der Waals surface area contributed by atoms with Gasteiger partial charge >= 0.3 is 0 Å².